The third-order valence-corrected chi connectivity index (χ3v) is 4.81. The van der Waals surface area contributed by atoms with E-state index >= 15 is 0 Å². The molecule has 2 nitrogen and oxygen atoms in total. The summed E-state index contributed by atoms with van der Waals surface area (Å²) in [6.07, 6.45) is -11.5. The van der Waals surface area contributed by atoms with Crippen molar-refractivity contribution in [2.75, 3.05) is 7.05 Å². The van der Waals surface area contributed by atoms with Gasteiger partial charge < -0.3 is 10.1 Å². The van der Waals surface area contributed by atoms with Crippen LogP contribution in [0, 0.1) is 5.41 Å². The molecular weight excluding hydrogens is 300 g/mol. The zero-order valence-corrected chi connectivity index (χ0v) is 11.7. The second kappa shape index (κ2) is 5.61. The quantitative estimate of drug-likeness (QED) is 0.799. The third kappa shape index (κ3) is 3.16. The van der Waals surface area contributed by atoms with Gasteiger partial charge in [-0.2, -0.15) is 26.3 Å². The second-order valence-electron chi connectivity index (χ2n) is 5.96. The molecule has 0 saturated heterocycles. The Kier molecular flexibility index (Phi) is 4.50. The van der Waals surface area contributed by atoms with Crippen molar-refractivity contribution >= 4 is 0 Å². The van der Waals surface area contributed by atoms with Gasteiger partial charge in [-0.3, -0.25) is 0 Å². The minimum atomic E-state index is -5.43. The Balaban J connectivity index is 2.14. The van der Waals surface area contributed by atoms with Crippen LogP contribution in [0.3, 0.4) is 0 Å². The van der Waals surface area contributed by atoms with Crippen LogP contribution in [0.15, 0.2) is 0 Å². The molecule has 2 atom stereocenters. The van der Waals surface area contributed by atoms with Gasteiger partial charge in [-0.15, -0.1) is 0 Å². The molecule has 2 aliphatic carbocycles. The summed E-state index contributed by atoms with van der Waals surface area (Å²) in [7, 11) is 1.68. The van der Waals surface area contributed by atoms with Crippen molar-refractivity contribution in [1.82, 2.24) is 5.32 Å². The SMILES string of the molecule is CNC1CC(OC(C(F)(F)F)C(F)(F)F)C12CCCCC2. The zero-order valence-electron chi connectivity index (χ0n) is 11.7. The molecular formula is C13H19F6NO. The van der Waals surface area contributed by atoms with E-state index in [0.29, 0.717) is 12.8 Å². The smallest absolute Gasteiger partial charge is 0.357 e. The lowest BCUT2D eigenvalue weighted by molar-refractivity contribution is -0.350. The number of nitrogens with one attached hydrogen (secondary N) is 1. The fourth-order valence-corrected chi connectivity index (χ4v) is 3.73. The van der Waals surface area contributed by atoms with E-state index in [0.717, 1.165) is 19.3 Å². The molecule has 124 valence electrons. The molecule has 0 aliphatic heterocycles. The molecule has 0 bridgehead atoms. The Morgan fingerprint density at radius 3 is 1.95 bits per heavy atom. The third-order valence-electron chi connectivity index (χ3n) is 4.81. The van der Waals surface area contributed by atoms with E-state index in [-0.39, 0.29) is 12.5 Å². The first-order valence-corrected chi connectivity index (χ1v) is 7.07. The number of ether oxygens (including phenoxy) is 1. The first-order chi connectivity index (χ1) is 9.61. The van der Waals surface area contributed by atoms with Crippen molar-refractivity contribution in [3.05, 3.63) is 0 Å². The highest BCUT2D eigenvalue weighted by Crippen LogP contribution is 2.54. The molecule has 0 aromatic heterocycles. The zero-order chi connectivity index (χ0) is 15.9. The van der Waals surface area contributed by atoms with Crippen LogP contribution in [0.25, 0.3) is 0 Å². The van der Waals surface area contributed by atoms with Crippen LogP contribution in [-0.4, -0.2) is 37.7 Å². The maximum atomic E-state index is 12.6. The van der Waals surface area contributed by atoms with Gasteiger partial charge >= 0.3 is 12.4 Å². The molecule has 2 fully saturated rings. The molecule has 2 aliphatic rings. The highest BCUT2D eigenvalue weighted by molar-refractivity contribution is 5.09. The summed E-state index contributed by atoms with van der Waals surface area (Å²) in [5, 5.41) is 3.00. The molecule has 8 heteroatoms. The molecule has 21 heavy (non-hydrogen) atoms. The van der Waals surface area contributed by atoms with E-state index in [1.54, 1.807) is 7.05 Å². The van der Waals surface area contributed by atoms with Gasteiger partial charge in [0.25, 0.3) is 0 Å². The molecule has 0 aromatic rings. The van der Waals surface area contributed by atoms with Gasteiger partial charge in [0.1, 0.15) is 0 Å². The van der Waals surface area contributed by atoms with Crippen molar-refractivity contribution in [3.8, 4) is 0 Å². The summed E-state index contributed by atoms with van der Waals surface area (Å²) in [4.78, 5) is 0. The van der Waals surface area contributed by atoms with Gasteiger partial charge in [0.05, 0.1) is 6.10 Å². The van der Waals surface area contributed by atoms with Gasteiger partial charge in [-0.25, -0.2) is 0 Å². The fourth-order valence-electron chi connectivity index (χ4n) is 3.73. The number of alkyl halides is 6. The van der Waals surface area contributed by atoms with Crippen LogP contribution >= 0.6 is 0 Å². The fraction of sp³-hybridized carbons (Fsp3) is 1.00. The van der Waals surface area contributed by atoms with Crippen LogP contribution in [-0.2, 0) is 4.74 Å². The van der Waals surface area contributed by atoms with E-state index < -0.39 is 30.0 Å². The first kappa shape index (κ1) is 16.9. The van der Waals surface area contributed by atoms with E-state index in [1.807, 2.05) is 0 Å². The monoisotopic (exact) mass is 319 g/mol. The second-order valence-corrected chi connectivity index (χ2v) is 5.96. The summed E-state index contributed by atoms with van der Waals surface area (Å²) in [6.45, 7) is 0. The topological polar surface area (TPSA) is 21.3 Å². The van der Waals surface area contributed by atoms with Crippen LogP contribution in [0.5, 0.6) is 0 Å². The summed E-state index contributed by atoms with van der Waals surface area (Å²) in [5.41, 5.74) is -0.582. The maximum Gasteiger partial charge on any atom is 0.423 e. The van der Waals surface area contributed by atoms with E-state index in [1.165, 1.54) is 0 Å². The molecule has 2 saturated carbocycles. The van der Waals surface area contributed by atoms with Gasteiger partial charge in [-0.05, 0) is 26.3 Å². The lowest BCUT2D eigenvalue weighted by atomic mass is 9.55. The highest BCUT2D eigenvalue weighted by atomic mass is 19.4. The molecule has 1 spiro atoms. The molecule has 2 unspecified atom stereocenters. The Hall–Kier alpha value is -0.500. The Morgan fingerprint density at radius 2 is 1.52 bits per heavy atom. The summed E-state index contributed by atoms with van der Waals surface area (Å²) in [5.74, 6) is 0. The maximum absolute atomic E-state index is 12.6. The lowest BCUT2D eigenvalue weighted by Crippen LogP contribution is -2.66. The Labute approximate surface area is 119 Å². The number of hydrogen-bond acceptors (Lipinski definition) is 2. The molecule has 0 amide bonds. The summed E-state index contributed by atoms with van der Waals surface area (Å²) < 4.78 is 80.2. The average molecular weight is 319 g/mol. The normalized spacial score (nSPS) is 29.7. The van der Waals surface area contributed by atoms with Crippen LogP contribution in [0.1, 0.15) is 38.5 Å². The van der Waals surface area contributed by atoms with Gasteiger partial charge in [0, 0.05) is 11.5 Å². The first-order valence-electron chi connectivity index (χ1n) is 7.07. The summed E-state index contributed by atoms with van der Waals surface area (Å²) in [6, 6.07) is -0.0649. The van der Waals surface area contributed by atoms with Crippen LogP contribution in [0.4, 0.5) is 26.3 Å². The average Bonchev–Trinajstić information content (AvgIpc) is 2.35. The number of rotatable bonds is 3. The lowest BCUT2D eigenvalue weighted by Gasteiger charge is -2.58. The Morgan fingerprint density at radius 1 is 1.00 bits per heavy atom. The molecule has 2 rings (SSSR count). The number of hydrogen-bond donors (Lipinski definition) is 1. The molecule has 0 aromatic carbocycles. The van der Waals surface area contributed by atoms with Crippen LogP contribution in [0.2, 0.25) is 0 Å². The minimum absolute atomic E-state index is 0.0649. The predicted octanol–water partition coefficient (Wildman–Crippen LogP) is 3.81. The molecule has 0 heterocycles. The van der Waals surface area contributed by atoms with Crippen molar-refractivity contribution in [1.29, 1.82) is 0 Å². The van der Waals surface area contributed by atoms with Crippen molar-refractivity contribution in [2.45, 2.75) is 69.1 Å². The van der Waals surface area contributed by atoms with E-state index in [9.17, 15) is 26.3 Å². The molecule has 0 radical (unpaired) electrons. The standard InChI is InChI=1S/C13H19F6NO/c1-20-8-7-9(11(8)5-3-2-4-6-11)21-10(12(14,15)16)13(17,18)19/h8-10,20H,2-7H2,1H3. The van der Waals surface area contributed by atoms with Gasteiger partial charge in [0.2, 0.25) is 6.10 Å². The van der Waals surface area contributed by atoms with Gasteiger partial charge in [-0.1, -0.05) is 19.3 Å². The van der Waals surface area contributed by atoms with Crippen LogP contribution < -0.4 is 5.32 Å². The van der Waals surface area contributed by atoms with Crippen molar-refractivity contribution in [2.24, 2.45) is 5.41 Å². The Bertz CT molecular complexity index is 347. The van der Waals surface area contributed by atoms with Crippen molar-refractivity contribution < 1.29 is 31.1 Å². The van der Waals surface area contributed by atoms with E-state index in [2.05, 4.69) is 10.1 Å². The largest absolute Gasteiger partial charge is 0.423 e. The van der Waals surface area contributed by atoms with Crippen molar-refractivity contribution in [3.63, 3.8) is 0 Å². The number of halogens is 6. The summed E-state index contributed by atoms with van der Waals surface area (Å²) >= 11 is 0. The highest BCUT2D eigenvalue weighted by Gasteiger charge is 2.63. The van der Waals surface area contributed by atoms with Gasteiger partial charge in [0.15, 0.2) is 0 Å². The molecule has 1 N–H and O–H groups in total. The van der Waals surface area contributed by atoms with E-state index in [4.69, 9.17) is 0 Å². The predicted molar refractivity (Wildman–Crippen MR) is 63.8 cm³/mol. The minimum Gasteiger partial charge on any atom is -0.357 e.